The third-order valence-corrected chi connectivity index (χ3v) is 3.64. The van der Waals surface area contributed by atoms with Crippen molar-refractivity contribution < 1.29 is 0 Å². The molecule has 1 aliphatic heterocycles. The van der Waals surface area contributed by atoms with Crippen LogP contribution in [-0.2, 0) is 0 Å². The SMILES string of the molecule is N#Cc1c(Br)cccc1N1CCC(N)CC1. The summed E-state index contributed by atoms with van der Waals surface area (Å²) in [5, 5.41) is 9.15. The third kappa shape index (κ3) is 2.21. The van der Waals surface area contributed by atoms with Gasteiger partial charge in [0.15, 0.2) is 0 Å². The molecule has 16 heavy (non-hydrogen) atoms. The lowest BCUT2D eigenvalue weighted by molar-refractivity contribution is 0.501. The highest BCUT2D eigenvalue weighted by atomic mass is 79.9. The van der Waals surface area contributed by atoms with Crippen molar-refractivity contribution in [2.75, 3.05) is 18.0 Å². The molecule has 0 radical (unpaired) electrons. The first kappa shape index (κ1) is 11.4. The van der Waals surface area contributed by atoms with Crippen LogP contribution in [0.2, 0.25) is 0 Å². The minimum Gasteiger partial charge on any atom is -0.370 e. The lowest BCUT2D eigenvalue weighted by Crippen LogP contribution is -2.40. The second-order valence-electron chi connectivity index (χ2n) is 4.07. The lowest BCUT2D eigenvalue weighted by atomic mass is 10.0. The van der Waals surface area contributed by atoms with Gasteiger partial charge in [0.25, 0.3) is 0 Å². The Labute approximate surface area is 104 Å². The Balaban J connectivity index is 2.27. The first-order chi connectivity index (χ1) is 7.72. The highest BCUT2D eigenvalue weighted by Crippen LogP contribution is 2.28. The van der Waals surface area contributed by atoms with Crippen LogP contribution in [0.25, 0.3) is 0 Å². The zero-order valence-electron chi connectivity index (χ0n) is 8.99. The summed E-state index contributed by atoms with van der Waals surface area (Å²) in [4.78, 5) is 2.24. The summed E-state index contributed by atoms with van der Waals surface area (Å²) < 4.78 is 0.863. The maximum Gasteiger partial charge on any atom is 0.103 e. The largest absolute Gasteiger partial charge is 0.370 e. The summed E-state index contributed by atoms with van der Waals surface area (Å²) in [6.45, 7) is 1.87. The lowest BCUT2D eigenvalue weighted by Gasteiger charge is -2.32. The maximum absolute atomic E-state index is 9.15. The Morgan fingerprint density at radius 2 is 2.06 bits per heavy atom. The van der Waals surface area contributed by atoms with Crippen molar-refractivity contribution in [2.45, 2.75) is 18.9 Å². The van der Waals surface area contributed by atoms with Gasteiger partial charge in [0.1, 0.15) is 6.07 Å². The summed E-state index contributed by atoms with van der Waals surface area (Å²) in [5.41, 5.74) is 7.61. The Kier molecular flexibility index (Phi) is 3.47. The Bertz CT molecular complexity index is 417. The molecule has 0 atom stereocenters. The van der Waals surface area contributed by atoms with Crippen molar-refractivity contribution >= 4 is 21.6 Å². The van der Waals surface area contributed by atoms with E-state index >= 15 is 0 Å². The Morgan fingerprint density at radius 1 is 1.38 bits per heavy atom. The molecular formula is C12H14BrN3. The van der Waals surface area contributed by atoms with Gasteiger partial charge >= 0.3 is 0 Å². The topological polar surface area (TPSA) is 53.0 Å². The number of hydrogen-bond acceptors (Lipinski definition) is 3. The molecule has 1 aromatic carbocycles. The molecule has 2 rings (SSSR count). The van der Waals surface area contributed by atoms with Crippen LogP contribution < -0.4 is 10.6 Å². The molecule has 0 aliphatic carbocycles. The van der Waals surface area contributed by atoms with E-state index in [0.717, 1.165) is 41.7 Å². The molecule has 4 heteroatoms. The number of nitrogens with zero attached hydrogens (tertiary/aromatic N) is 2. The number of piperidine rings is 1. The minimum atomic E-state index is 0.314. The van der Waals surface area contributed by atoms with E-state index < -0.39 is 0 Å². The van der Waals surface area contributed by atoms with E-state index in [1.807, 2.05) is 18.2 Å². The predicted octanol–water partition coefficient (Wildman–Crippen LogP) is 2.25. The van der Waals surface area contributed by atoms with E-state index in [2.05, 4.69) is 26.9 Å². The molecule has 1 heterocycles. The second-order valence-corrected chi connectivity index (χ2v) is 4.92. The van der Waals surface area contributed by atoms with Gasteiger partial charge in [0.2, 0.25) is 0 Å². The van der Waals surface area contributed by atoms with Crippen molar-refractivity contribution in [1.82, 2.24) is 0 Å². The normalized spacial score (nSPS) is 17.2. The molecule has 1 fully saturated rings. The first-order valence-electron chi connectivity index (χ1n) is 5.41. The predicted molar refractivity (Wildman–Crippen MR) is 68.3 cm³/mol. The van der Waals surface area contributed by atoms with E-state index in [4.69, 9.17) is 11.0 Å². The number of anilines is 1. The number of hydrogen-bond donors (Lipinski definition) is 1. The number of benzene rings is 1. The average molecular weight is 280 g/mol. The number of nitriles is 1. The van der Waals surface area contributed by atoms with Crippen LogP contribution >= 0.6 is 15.9 Å². The fourth-order valence-electron chi connectivity index (χ4n) is 2.03. The average Bonchev–Trinajstić information content (AvgIpc) is 2.30. The van der Waals surface area contributed by atoms with Gasteiger partial charge in [-0.05, 0) is 40.9 Å². The van der Waals surface area contributed by atoms with Crippen LogP contribution in [0, 0.1) is 11.3 Å². The van der Waals surface area contributed by atoms with Crippen LogP contribution in [-0.4, -0.2) is 19.1 Å². The molecule has 84 valence electrons. The first-order valence-corrected chi connectivity index (χ1v) is 6.21. The molecule has 1 saturated heterocycles. The van der Waals surface area contributed by atoms with Crippen LogP contribution in [0.1, 0.15) is 18.4 Å². The smallest absolute Gasteiger partial charge is 0.103 e. The molecule has 1 aliphatic rings. The van der Waals surface area contributed by atoms with Gasteiger partial charge in [-0.3, -0.25) is 0 Å². The zero-order valence-corrected chi connectivity index (χ0v) is 10.6. The van der Waals surface area contributed by atoms with Gasteiger partial charge in [-0.25, -0.2) is 0 Å². The number of nitrogens with two attached hydrogens (primary N) is 1. The second kappa shape index (κ2) is 4.86. The van der Waals surface area contributed by atoms with Gasteiger partial charge in [-0.1, -0.05) is 6.07 Å². The molecule has 0 spiro atoms. The molecule has 2 N–H and O–H groups in total. The molecule has 0 aromatic heterocycles. The van der Waals surface area contributed by atoms with Gasteiger partial charge in [0, 0.05) is 23.6 Å². The van der Waals surface area contributed by atoms with E-state index in [1.54, 1.807) is 0 Å². The number of halogens is 1. The van der Waals surface area contributed by atoms with Crippen LogP contribution in [0.4, 0.5) is 5.69 Å². The Hall–Kier alpha value is -1.05. The molecule has 3 nitrogen and oxygen atoms in total. The molecule has 0 unspecified atom stereocenters. The standard InChI is InChI=1S/C12H14BrN3/c13-11-2-1-3-12(10(11)8-14)16-6-4-9(15)5-7-16/h1-3,9H,4-7,15H2. The molecular weight excluding hydrogens is 266 g/mol. The highest BCUT2D eigenvalue weighted by Gasteiger charge is 2.19. The zero-order chi connectivity index (χ0) is 11.5. The van der Waals surface area contributed by atoms with Crippen LogP contribution in [0.15, 0.2) is 22.7 Å². The summed E-state index contributed by atoms with van der Waals surface area (Å²) in [6, 6.07) is 8.43. The molecule has 0 bridgehead atoms. The minimum absolute atomic E-state index is 0.314. The van der Waals surface area contributed by atoms with Gasteiger partial charge in [-0.2, -0.15) is 5.26 Å². The summed E-state index contributed by atoms with van der Waals surface area (Å²) in [7, 11) is 0. The summed E-state index contributed by atoms with van der Waals surface area (Å²) in [6.07, 6.45) is 1.99. The summed E-state index contributed by atoms with van der Waals surface area (Å²) >= 11 is 3.41. The van der Waals surface area contributed by atoms with E-state index in [1.165, 1.54) is 0 Å². The number of rotatable bonds is 1. The molecule has 0 saturated carbocycles. The van der Waals surface area contributed by atoms with Gasteiger partial charge in [0.05, 0.1) is 11.3 Å². The van der Waals surface area contributed by atoms with Crippen LogP contribution in [0.5, 0.6) is 0 Å². The van der Waals surface area contributed by atoms with Gasteiger partial charge in [-0.15, -0.1) is 0 Å². The van der Waals surface area contributed by atoms with E-state index in [0.29, 0.717) is 6.04 Å². The molecule has 0 amide bonds. The van der Waals surface area contributed by atoms with Crippen LogP contribution in [0.3, 0.4) is 0 Å². The third-order valence-electron chi connectivity index (χ3n) is 2.98. The van der Waals surface area contributed by atoms with Crippen molar-refractivity contribution in [3.63, 3.8) is 0 Å². The Morgan fingerprint density at radius 3 is 2.69 bits per heavy atom. The van der Waals surface area contributed by atoms with Gasteiger partial charge < -0.3 is 10.6 Å². The fourth-order valence-corrected chi connectivity index (χ4v) is 2.47. The monoisotopic (exact) mass is 279 g/mol. The fraction of sp³-hybridized carbons (Fsp3) is 0.417. The van der Waals surface area contributed by atoms with Crippen molar-refractivity contribution in [1.29, 1.82) is 5.26 Å². The van der Waals surface area contributed by atoms with Crippen molar-refractivity contribution in [2.24, 2.45) is 5.73 Å². The van der Waals surface area contributed by atoms with Crippen molar-refractivity contribution in [3.05, 3.63) is 28.2 Å². The highest BCUT2D eigenvalue weighted by molar-refractivity contribution is 9.10. The van der Waals surface area contributed by atoms with Crippen molar-refractivity contribution in [3.8, 4) is 6.07 Å². The summed E-state index contributed by atoms with van der Waals surface area (Å²) in [5.74, 6) is 0. The molecule has 1 aromatic rings. The maximum atomic E-state index is 9.15. The van der Waals surface area contributed by atoms with E-state index in [9.17, 15) is 0 Å². The van der Waals surface area contributed by atoms with E-state index in [-0.39, 0.29) is 0 Å². The quantitative estimate of drug-likeness (QED) is 0.858.